The van der Waals surface area contributed by atoms with E-state index in [1.807, 2.05) is 12.3 Å². The van der Waals surface area contributed by atoms with Crippen LogP contribution in [0.1, 0.15) is 26.7 Å². The van der Waals surface area contributed by atoms with Crippen molar-refractivity contribution in [2.24, 2.45) is 0 Å². The maximum Gasteiger partial charge on any atom is 0.110 e. The lowest BCUT2D eigenvalue weighted by Crippen LogP contribution is -2.45. The highest BCUT2D eigenvalue weighted by atomic mass is 19.1. The Kier molecular flexibility index (Phi) is 3.13. The van der Waals surface area contributed by atoms with Gasteiger partial charge >= 0.3 is 0 Å². The van der Waals surface area contributed by atoms with Crippen molar-refractivity contribution in [2.75, 3.05) is 14.1 Å². The lowest BCUT2D eigenvalue weighted by molar-refractivity contribution is 0.168. The Labute approximate surface area is 102 Å². The van der Waals surface area contributed by atoms with Crippen LogP contribution in [0.2, 0.25) is 0 Å². The van der Waals surface area contributed by atoms with Gasteiger partial charge in [-0.25, -0.2) is 4.39 Å². The monoisotopic (exact) mass is 236 g/mol. The van der Waals surface area contributed by atoms with Gasteiger partial charge in [0.15, 0.2) is 0 Å². The number of hydrogen-bond acceptors (Lipinski definition) is 1. The number of hydrogen-bond donors (Lipinski definition) is 0. The Morgan fingerprint density at radius 2 is 2.12 bits per heavy atom. The second kappa shape index (κ2) is 4.30. The van der Waals surface area contributed by atoms with Gasteiger partial charge in [0.25, 0.3) is 0 Å². The van der Waals surface area contributed by atoms with Gasteiger partial charge in [0.05, 0.1) is 0 Å². The average molecular weight is 236 g/mol. The quantitative estimate of drug-likeness (QED) is 0.772. The van der Waals surface area contributed by atoms with E-state index in [4.69, 9.17) is 0 Å². The maximum absolute atomic E-state index is 13.7. The van der Waals surface area contributed by atoms with Crippen molar-refractivity contribution < 1.29 is 4.39 Å². The Morgan fingerprint density at radius 3 is 2.76 bits per heavy atom. The first-order chi connectivity index (χ1) is 7.92. The summed E-state index contributed by atoms with van der Waals surface area (Å²) in [7, 11) is 4.15. The van der Waals surface area contributed by atoms with E-state index >= 15 is 0 Å². The van der Waals surface area contributed by atoms with Gasteiger partial charge in [0.2, 0.25) is 0 Å². The van der Waals surface area contributed by atoms with Crippen LogP contribution in [-0.4, -0.2) is 29.1 Å². The molecule has 0 amide bonds. The van der Waals surface area contributed by atoms with Crippen LogP contribution in [-0.2, 0) is 6.54 Å². The van der Waals surface area contributed by atoms with Gasteiger partial charge in [0.1, 0.15) is 5.83 Å². The topological polar surface area (TPSA) is 8.17 Å². The van der Waals surface area contributed by atoms with Gasteiger partial charge in [-0.2, -0.15) is 0 Å². The lowest BCUT2D eigenvalue weighted by atomic mass is 10.0. The van der Waals surface area contributed by atoms with Crippen LogP contribution in [0.15, 0.2) is 12.3 Å². The molecule has 2 rings (SSSR count). The van der Waals surface area contributed by atoms with Crippen molar-refractivity contribution >= 4 is 11.9 Å². The van der Waals surface area contributed by atoms with E-state index in [-0.39, 0.29) is 11.4 Å². The minimum absolute atomic E-state index is 0.0314. The normalized spacial score (nSPS) is 16.0. The largest absolute Gasteiger partial charge is 0.346 e. The summed E-state index contributed by atoms with van der Waals surface area (Å²) in [6.07, 6.45) is 5.50. The van der Waals surface area contributed by atoms with Crippen LogP contribution < -0.4 is 10.6 Å². The van der Waals surface area contributed by atoms with E-state index in [1.54, 1.807) is 0 Å². The fourth-order valence-corrected chi connectivity index (χ4v) is 2.11. The lowest BCUT2D eigenvalue weighted by Gasteiger charge is -2.33. The van der Waals surface area contributed by atoms with Crippen LogP contribution in [0.25, 0.3) is 11.9 Å². The molecule has 2 nitrogen and oxygen atoms in total. The Morgan fingerprint density at radius 1 is 1.41 bits per heavy atom. The molecule has 3 heteroatoms. The van der Waals surface area contributed by atoms with Crippen LogP contribution in [0.3, 0.4) is 0 Å². The number of rotatable bonds is 3. The first-order valence-electron chi connectivity index (χ1n) is 6.13. The minimum Gasteiger partial charge on any atom is -0.346 e. The van der Waals surface area contributed by atoms with Crippen molar-refractivity contribution in [3.63, 3.8) is 0 Å². The van der Waals surface area contributed by atoms with Gasteiger partial charge in [-0.3, -0.25) is 0 Å². The highest BCUT2D eigenvalue weighted by Crippen LogP contribution is 2.13. The summed E-state index contributed by atoms with van der Waals surface area (Å²) in [4.78, 5) is 2.20. The molecule has 17 heavy (non-hydrogen) atoms. The van der Waals surface area contributed by atoms with Crippen LogP contribution in [0.5, 0.6) is 0 Å². The van der Waals surface area contributed by atoms with Gasteiger partial charge in [-0.1, -0.05) is 6.08 Å². The molecule has 1 aliphatic carbocycles. The highest BCUT2D eigenvalue weighted by Gasteiger charge is 2.21. The van der Waals surface area contributed by atoms with Gasteiger partial charge in [0, 0.05) is 35.3 Å². The molecule has 1 aromatic heterocycles. The molecule has 0 unspecified atom stereocenters. The van der Waals surface area contributed by atoms with E-state index in [2.05, 4.69) is 43.5 Å². The van der Waals surface area contributed by atoms with E-state index in [9.17, 15) is 4.39 Å². The van der Waals surface area contributed by atoms with Gasteiger partial charge in [-0.05, 0) is 40.4 Å². The smallest absolute Gasteiger partial charge is 0.110 e. The Balaban J connectivity index is 2.41. The molecule has 0 saturated heterocycles. The molecule has 1 aliphatic rings. The summed E-state index contributed by atoms with van der Waals surface area (Å²) in [5.41, 5.74) is 0.0640. The first kappa shape index (κ1) is 12.4. The molecular formula is C14H21FN2. The fourth-order valence-electron chi connectivity index (χ4n) is 2.11. The molecule has 0 spiro atoms. The molecule has 0 atom stereocenters. The van der Waals surface area contributed by atoms with Crippen molar-refractivity contribution in [1.29, 1.82) is 0 Å². The van der Waals surface area contributed by atoms with E-state index < -0.39 is 0 Å². The number of likely N-dealkylation sites (N-methyl/N-ethyl adjacent to an activating group) is 1. The highest BCUT2D eigenvalue weighted by molar-refractivity contribution is 5.43. The summed E-state index contributed by atoms with van der Waals surface area (Å²) in [6.45, 7) is 5.27. The second-order valence-corrected chi connectivity index (χ2v) is 5.60. The van der Waals surface area contributed by atoms with Crippen LogP contribution in [0, 0.1) is 0 Å². The summed E-state index contributed by atoms with van der Waals surface area (Å²) in [5, 5.41) is 1.83. The summed E-state index contributed by atoms with van der Waals surface area (Å²) in [6, 6.07) is 1.89. The molecule has 0 aromatic carbocycles. The predicted molar refractivity (Wildman–Crippen MR) is 69.7 cm³/mol. The predicted octanol–water partition coefficient (Wildman–Crippen LogP) is 1.48. The third kappa shape index (κ3) is 2.29. The van der Waals surface area contributed by atoms with E-state index in [0.29, 0.717) is 6.42 Å². The zero-order valence-corrected chi connectivity index (χ0v) is 11.1. The Bertz CT molecular complexity index is 523. The second-order valence-electron chi connectivity index (χ2n) is 5.60. The standard InChI is InChI=1S/C14H21FN2/c1-14(2,16(3)4)10-17-9-8-11-12(15)6-5-7-13(11)17/h7-9H,5-6,10H2,1-4H3. The average Bonchev–Trinajstić information content (AvgIpc) is 2.62. The van der Waals surface area contributed by atoms with E-state index in [1.165, 1.54) is 0 Å². The SMILES string of the molecule is CN(C)C(C)(C)Cn1ccc2c1=CCCC=2F. The molecule has 1 aromatic rings. The van der Waals surface area contributed by atoms with Gasteiger partial charge in [-0.15, -0.1) is 0 Å². The van der Waals surface area contributed by atoms with Crippen LogP contribution >= 0.6 is 0 Å². The maximum atomic E-state index is 13.7. The van der Waals surface area contributed by atoms with Crippen molar-refractivity contribution in [3.8, 4) is 0 Å². The minimum atomic E-state index is 0.0314. The zero-order chi connectivity index (χ0) is 12.6. The van der Waals surface area contributed by atoms with Gasteiger partial charge < -0.3 is 9.47 Å². The van der Waals surface area contributed by atoms with Crippen molar-refractivity contribution in [2.45, 2.75) is 38.8 Å². The third-order valence-corrected chi connectivity index (χ3v) is 3.77. The molecule has 1 heterocycles. The summed E-state index contributed by atoms with van der Waals surface area (Å²) in [5.74, 6) is 0.0314. The fraction of sp³-hybridized carbons (Fsp3) is 0.571. The molecule has 0 aliphatic heterocycles. The van der Waals surface area contributed by atoms with Crippen LogP contribution in [0.4, 0.5) is 4.39 Å². The third-order valence-electron chi connectivity index (χ3n) is 3.77. The molecular weight excluding hydrogens is 215 g/mol. The molecule has 94 valence electrons. The Hall–Kier alpha value is -1.09. The zero-order valence-electron chi connectivity index (χ0n) is 11.1. The number of nitrogens with zero attached hydrogens (tertiary/aromatic N) is 2. The summed E-state index contributed by atoms with van der Waals surface area (Å²) >= 11 is 0. The molecule has 0 N–H and O–H groups in total. The molecule has 0 radical (unpaired) electrons. The van der Waals surface area contributed by atoms with Crippen molar-refractivity contribution in [1.82, 2.24) is 9.47 Å². The summed E-state index contributed by atoms with van der Waals surface area (Å²) < 4.78 is 15.8. The van der Waals surface area contributed by atoms with E-state index in [0.717, 1.165) is 23.5 Å². The molecule has 0 bridgehead atoms. The molecule has 0 saturated carbocycles. The molecule has 0 fully saturated rings. The number of aromatic nitrogens is 1. The number of halogens is 1. The number of fused-ring (bicyclic) bond motifs is 1. The first-order valence-corrected chi connectivity index (χ1v) is 6.13. The van der Waals surface area contributed by atoms with Crippen molar-refractivity contribution in [3.05, 3.63) is 22.8 Å².